The Labute approximate surface area is 230 Å². The van der Waals surface area contributed by atoms with E-state index in [0.717, 1.165) is 11.8 Å². The van der Waals surface area contributed by atoms with Gasteiger partial charge in [-0.15, -0.1) is 10.2 Å². The van der Waals surface area contributed by atoms with E-state index in [0.29, 0.717) is 50.4 Å². The molecule has 0 saturated heterocycles. The molecule has 0 radical (unpaired) electrons. The van der Waals surface area contributed by atoms with Crippen molar-refractivity contribution in [2.75, 3.05) is 13.2 Å². The summed E-state index contributed by atoms with van der Waals surface area (Å²) in [5.41, 5.74) is 1.60. The second-order valence-electron chi connectivity index (χ2n) is 8.11. The van der Waals surface area contributed by atoms with Crippen LogP contribution in [0, 0.1) is 28.7 Å². The molecule has 198 valence electrons. The summed E-state index contributed by atoms with van der Waals surface area (Å²) < 4.78 is 41.5. The number of ether oxygens (including phenoxy) is 2. The standard InChI is InChI=1S/C26H23BrF2N4O4S/c1-3-36-23-13-18(12-21(27)25(23)37-15-17-6-4-5-7-22(17)29)24(14-32(34)35)38-26-31-30-16(2)33(26)20-10-8-19(28)9-11-20/h4-13,24H,3,14-15H2,1-2H3/t24-/m1/s1. The topological polar surface area (TPSA) is 92.3 Å². The number of aromatic nitrogens is 3. The summed E-state index contributed by atoms with van der Waals surface area (Å²) in [5, 5.41) is 19.7. The average Bonchev–Trinajstić information content (AvgIpc) is 3.24. The van der Waals surface area contributed by atoms with Crippen molar-refractivity contribution >= 4 is 27.7 Å². The molecule has 0 fully saturated rings. The minimum absolute atomic E-state index is 0.0299. The lowest BCUT2D eigenvalue weighted by Gasteiger charge is -2.19. The molecule has 38 heavy (non-hydrogen) atoms. The molecule has 0 spiro atoms. The molecule has 1 heterocycles. The fourth-order valence-electron chi connectivity index (χ4n) is 3.72. The lowest BCUT2D eigenvalue weighted by Crippen LogP contribution is -2.12. The molecule has 0 saturated carbocycles. The summed E-state index contributed by atoms with van der Waals surface area (Å²) in [6, 6.07) is 15.5. The number of rotatable bonds is 11. The Morgan fingerprint density at radius 1 is 1.11 bits per heavy atom. The lowest BCUT2D eigenvalue weighted by atomic mass is 10.1. The van der Waals surface area contributed by atoms with Crippen LogP contribution in [0.2, 0.25) is 0 Å². The molecule has 0 aliphatic carbocycles. The van der Waals surface area contributed by atoms with Crippen LogP contribution in [0.25, 0.3) is 5.69 Å². The van der Waals surface area contributed by atoms with Gasteiger partial charge in [0.15, 0.2) is 16.7 Å². The maximum Gasteiger partial charge on any atom is 0.220 e. The molecule has 3 aromatic carbocycles. The Balaban J connectivity index is 1.67. The van der Waals surface area contributed by atoms with Gasteiger partial charge in [-0.2, -0.15) is 0 Å². The van der Waals surface area contributed by atoms with Gasteiger partial charge >= 0.3 is 0 Å². The van der Waals surface area contributed by atoms with E-state index in [2.05, 4.69) is 26.1 Å². The van der Waals surface area contributed by atoms with Crippen molar-refractivity contribution in [2.24, 2.45) is 0 Å². The van der Waals surface area contributed by atoms with Gasteiger partial charge in [-0.25, -0.2) is 8.78 Å². The minimum atomic E-state index is -0.677. The molecule has 0 bridgehead atoms. The summed E-state index contributed by atoms with van der Waals surface area (Å²) >= 11 is 4.65. The van der Waals surface area contributed by atoms with E-state index in [1.54, 1.807) is 60.9 Å². The lowest BCUT2D eigenvalue weighted by molar-refractivity contribution is -0.479. The first-order chi connectivity index (χ1) is 18.3. The molecule has 0 aliphatic rings. The van der Waals surface area contributed by atoms with Crippen LogP contribution in [0.5, 0.6) is 11.5 Å². The van der Waals surface area contributed by atoms with E-state index >= 15 is 0 Å². The monoisotopic (exact) mass is 604 g/mol. The summed E-state index contributed by atoms with van der Waals surface area (Å²) in [5.74, 6) is 0.492. The Hall–Kier alpha value is -3.51. The van der Waals surface area contributed by atoms with Crippen LogP contribution in [-0.4, -0.2) is 32.8 Å². The SMILES string of the molecule is CCOc1cc([C@@H](C[N+](=O)[O-])Sc2nnc(C)n2-c2ccc(F)cc2)cc(Br)c1OCc1ccccc1F. The largest absolute Gasteiger partial charge is 0.490 e. The fourth-order valence-corrected chi connectivity index (χ4v) is 5.45. The summed E-state index contributed by atoms with van der Waals surface area (Å²) in [7, 11) is 0. The summed E-state index contributed by atoms with van der Waals surface area (Å²) in [4.78, 5) is 11.2. The van der Waals surface area contributed by atoms with Gasteiger partial charge in [0.25, 0.3) is 0 Å². The van der Waals surface area contributed by atoms with E-state index in [1.165, 1.54) is 18.2 Å². The number of nitrogens with zero attached hydrogens (tertiary/aromatic N) is 4. The van der Waals surface area contributed by atoms with Gasteiger partial charge in [0, 0.05) is 16.2 Å². The summed E-state index contributed by atoms with van der Waals surface area (Å²) in [6.07, 6.45) is 0. The molecule has 8 nitrogen and oxygen atoms in total. The van der Waals surface area contributed by atoms with Crippen molar-refractivity contribution in [1.82, 2.24) is 14.8 Å². The van der Waals surface area contributed by atoms with Crippen molar-refractivity contribution < 1.29 is 23.2 Å². The van der Waals surface area contributed by atoms with Crippen LogP contribution < -0.4 is 9.47 Å². The van der Waals surface area contributed by atoms with E-state index in [1.807, 2.05) is 0 Å². The third-order valence-corrected chi connectivity index (χ3v) is 7.25. The smallest absolute Gasteiger partial charge is 0.220 e. The Bertz CT molecular complexity index is 1440. The van der Waals surface area contributed by atoms with Gasteiger partial charge in [-0.3, -0.25) is 14.7 Å². The number of benzene rings is 3. The highest BCUT2D eigenvalue weighted by molar-refractivity contribution is 9.10. The molecule has 0 unspecified atom stereocenters. The molecule has 1 atom stereocenters. The first-order valence-electron chi connectivity index (χ1n) is 11.6. The van der Waals surface area contributed by atoms with Crippen LogP contribution in [-0.2, 0) is 6.61 Å². The van der Waals surface area contributed by atoms with Crippen LogP contribution in [0.4, 0.5) is 8.78 Å². The molecule has 1 aromatic heterocycles. The van der Waals surface area contributed by atoms with E-state index in [9.17, 15) is 18.9 Å². The van der Waals surface area contributed by atoms with Crippen LogP contribution >= 0.6 is 27.7 Å². The van der Waals surface area contributed by atoms with Gasteiger partial charge in [0.1, 0.15) is 29.3 Å². The van der Waals surface area contributed by atoms with E-state index in [-0.39, 0.29) is 18.2 Å². The van der Waals surface area contributed by atoms with Crippen molar-refractivity contribution in [3.63, 3.8) is 0 Å². The number of aryl methyl sites for hydroxylation is 1. The number of hydrogen-bond acceptors (Lipinski definition) is 7. The zero-order valence-corrected chi connectivity index (χ0v) is 22.8. The molecular formula is C26H23BrF2N4O4S. The van der Waals surface area contributed by atoms with Crippen molar-refractivity contribution in [2.45, 2.75) is 30.9 Å². The van der Waals surface area contributed by atoms with Crippen LogP contribution in [0.15, 0.2) is 70.3 Å². The molecule has 4 rings (SSSR count). The molecular weight excluding hydrogens is 582 g/mol. The zero-order valence-electron chi connectivity index (χ0n) is 20.4. The predicted octanol–water partition coefficient (Wildman–Crippen LogP) is 6.70. The number of nitro groups is 1. The Morgan fingerprint density at radius 3 is 2.53 bits per heavy atom. The van der Waals surface area contributed by atoms with Gasteiger partial charge in [0.2, 0.25) is 6.54 Å². The maximum atomic E-state index is 14.1. The fraction of sp³-hybridized carbons (Fsp3) is 0.231. The molecule has 4 aromatic rings. The highest BCUT2D eigenvalue weighted by atomic mass is 79.9. The third kappa shape index (κ3) is 6.48. The third-order valence-electron chi connectivity index (χ3n) is 5.48. The highest BCUT2D eigenvalue weighted by Crippen LogP contribution is 2.43. The minimum Gasteiger partial charge on any atom is -0.490 e. The van der Waals surface area contributed by atoms with Crippen molar-refractivity contribution in [1.29, 1.82) is 0 Å². The Kier molecular flexibility index (Phi) is 8.95. The predicted molar refractivity (Wildman–Crippen MR) is 143 cm³/mol. The normalized spacial score (nSPS) is 11.8. The first kappa shape index (κ1) is 27.5. The molecule has 0 aliphatic heterocycles. The van der Waals surface area contributed by atoms with Crippen LogP contribution in [0.1, 0.15) is 29.1 Å². The number of thioether (sulfide) groups is 1. The van der Waals surface area contributed by atoms with Gasteiger partial charge in [-0.05, 0) is 77.8 Å². The second-order valence-corrected chi connectivity index (χ2v) is 10.1. The summed E-state index contributed by atoms with van der Waals surface area (Å²) in [6.45, 7) is 3.43. The number of hydrogen-bond donors (Lipinski definition) is 0. The van der Waals surface area contributed by atoms with E-state index in [4.69, 9.17) is 9.47 Å². The first-order valence-corrected chi connectivity index (χ1v) is 13.2. The van der Waals surface area contributed by atoms with Gasteiger partial charge < -0.3 is 9.47 Å². The van der Waals surface area contributed by atoms with Crippen molar-refractivity contribution in [3.05, 3.63) is 104 Å². The quantitative estimate of drug-likeness (QED) is 0.107. The second kappa shape index (κ2) is 12.4. The average molecular weight is 605 g/mol. The van der Waals surface area contributed by atoms with Gasteiger partial charge in [-0.1, -0.05) is 30.0 Å². The Morgan fingerprint density at radius 2 is 1.84 bits per heavy atom. The molecule has 12 heteroatoms. The van der Waals surface area contributed by atoms with Crippen LogP contribution in [0.3, 0.4) is 0 Å². The maximum absolute atomic E-state index is 14.1. The number of halogens is 3. The van der Waals surface area contributed by atoms with Crippen molar-refractivity contribution in [3.8, 4) is 17.2 Å². The molecule has 0 amide bonds. The van der Waals surface area contributed by atoms with Gasteiger partial charge in [0.05, 0.1) is 11.1 Å². The zero-order chi connectivity index (χ0) is 27.2. The highest BCUT2D eigenvalue weighted by Gasteiger charge is 2.26. The molecule has 0 N–H and O–H groups in total. The van der Waals surface area contributed by atoms with E-state index < -0.39 is 16.7 Å².